The average Bonchev–Trinajstić information content (AvgIpc) is 2.29. The molecule has 2 unspecified atom stereocenters. The average molecular weight is 368 g/mol. The van der Waals surface area contributed by atoms with E-state index in [0.717, 1.165) is 6.42 Å². The van der Waals surface area contributed by atoms with Gasteiger partial charge in [0.2, 0.25) is 0 Å². The van der Waals surface area contributed by atoms with Gasteiger partial charge in [-0.05, 0) is 43.9 Å². The molecule has 0 spiro atoms. The second kappa shape index (κ2) is 5.60. The number of esters is 1. The molecule has 9 heteroatoms. The Bertz CT molecular complexity index is 618. The third-order valence-corrected chi connectivity index (χ3v) is 6.18. The number of halogens is 2. The first-order valence-electron chi connectivity index (χ1n) is 8.15. The highest BCUT2D eigenvalue weighted by molar-refractivity contribution is 7.85. The van der Waals surface area contributed by atoms with Crippen molar-refractivity contribution in [2.75, 3.05) is 5.75 Å². The van der Waals surface area contributed by atoms with Crippen molar-refractivity contribution in [3.05, 3.63) is 0 Å². The summed E-state index contributed by atoms with van der Waals surface area (Å²) in [6, 6.07) is 0. The highest BCUT2D eigenvalue weighted by Gasteiger charge is 2.59. The fourth-order valence-corrected chi connectivity index (χ4v) is 5.84. The summed E-state index contributed by atoms with van der Waals surface area (Å²) in [6.45, 7) is 0. The molecule has 6 nitrogen and oxygen atoms in total. The van der Waals surface area contributed by atoms with Crippen molar-refractivity contribution in [3.8, 4) is 0 Å². The van der Waals surface area contributed by atoms with Crippen LogP contribution in [0, 0.1) is 11.8 Å². The van der Waals surface area contributed by atoms with Gasteiger partial charge in [0.05, 0.1) is 12.0 Å². The van der Waals surface area contributed by atoms with Gasteiger partial charge in [0.1, 0.15) is 11.4 Å². The molecule has 2 atom stereocenters. The predicted molar refractivity (Wildman–Crippen MR) is 79.1 cm³/mol. The molecule has 4 aliphatic carbocycles. The Kier molecular flexibility index (Phi) is 4.20. The number of hydrogen-bond donors (Lipinski definition) is 2. The summed E-state index contributed by atoms with van der Waals surface area (Å²) in [5.74, 6) is -5.61. The number of alkyl halides is 2. The molecule has 0 radical (unpaired) electrons. The molecule has 0 aromatic carbocycles. The SMILES string of the molecule is O=C(CCC(F)(F)CS(=O)(=O)O)OC12CC3CC(CC(O)(C3)C1)C2. The van der Waals surface area contributed by atoms with E-state index >= 15 is 0 Å². The van der Waals surface area contributed by atoms with Crippen LogP contribution in [0.5, 0.6) is 0 Å². The zero-order valence-electron chi connectivity index (χ0n) is 13.2. The lowest BCUT2D eigenvalue weighted by Crippen LogP contribution is -2.60. The Balaban J connectivity index is 1.58. The highest BCUT2D eigenvalue weighted by Crippen LogP contribution is 2.58. The summed E-state index contributed by atoms with van der Waals surface area (Å²) >= 11 is 0. The molecule has 0 aromatic heterocycles. The number of hydrogen-bond acceptors (Lipinski definition) is 5. The highest BCUT2D eigenvalue weighted by atomic mass is 32.2. The zero-order valence-corrected chi connectivity index (χ0v) is 14.0. The minimum atomic E-state index is -4.82. The number of carbonyl (C=O) groups is 1. The molecule has 4 fully saturated rings. The minimum absolute atomic E-state index is 0.296. The predicted octanol–water partition coefficient (Wildman–Crippen LogP) is 1.92. The van der Waals surface area contributed by atoms with Crippen LogP contribution >= 0.6 is 0 Å². The van der Waals surface area contributed by atoms with E-state index < -0.39 is 51.8 Å². The summed E-state index contributed by atoms with van der Waals surface area (Å²) in [7, 11) is -4.82. The molecule has 138 valence electrons. The molecule has 0 heterocycles. The summed E-state index contributed by atoms with van der Waals surface area (Å²) < 4.78 is 62.0. The van der Waals surface area contributed by atoms with Crippen LogP contribution in [0.3, 0.4) is 0 Å². The normalized spacial score (nSPS) is 38.3. The van der Waals surface area contributed by atoms with Crippen LogP contribution in [0.2, 0.25) is 0 Å². The Morgan fingerprint density at radius 1 is 1.21 bits per heavy atom. The van der Waals surface area contributed by atoms with Gasteiger partial charge in [-0.3, -0.25) is 9.35 Å². The van der Waals surface area contributed by atoms with E-state index in [0.29, 0.717) is 43.9 Å². The Morgan fingerprint density at radius 3 is 2.29 bits per heavy atom. The van der Waals surface area contributed by atoms with E-state index in [-0.39, 0.29) is 0 Å². The summed E-state index contributed by atoms with van der Waals surface area (Å²) in [6.07, 6.45) is 2.44. The van der Waals surface area contributed by atoms with Gasteiger partial charge in [-0.15, -0.1) is 0 Å². The van der Waals surface area contributed by atoms with Gasteiger partial charge in [-0.1, -0.05) is 0 Å². The standard InChI is InChI=1S/C15H22F2O6S/c16-15(17,9-24(20,21)22)2-1-12(18)23-14-6-10-3-11(7-14)5-13(19,4-10)8-14/h10-11,19H,1-9H2,(H,20,21,22). The molecule has 4 rings (SSSR count). The molecular formula is C15H22F2O6S. The molecular weight excluding hydrogens is 346 g/mol. The number of rotatable bonds is 6. The smallest absolute Gasteiger partial charge is 0.306 e. The van der Waals surface area contributed by atoms with Crippen molar-refractivity contribution in [3.63, 3.8) is 0 Å². The number of ether oxygens (including phenoxy) is 1. The maximum Gasteiger partial charge on any atom is 0.306 e. The van der Waals surface area contributed by atoms with Gasteiger partial charge >= 0.3 is 5.97 Å². The van der Waals surface area contributed by atoms with E-state index in [1.807, 2.05) is 0 Å². The van der Waals surface area contributed by atoms with E-state index in [2.05, 4.69) is 0 Å². The number of aliphatic hydroxyl groups is 1. The quantitative estimate of drug-likeness (QED) is 0.549. The van der Waals surface area contributed by atoms with Gasteiger partial charge in [-0.25, -0.2) is 8.78 Å². The molecule has 4 aliphatic rings. The van der Waals surface area contributed by atoms with Crippen molar-refractivity contribution in [1.29, 1.82) is 0 Å². The maximum absolute atomic E-state index is 13.5. The Labute approximate surface area is 139 Å². The van der Waals surface area contributed by atoms with Crippen LogP contribution in [0.4, 0.5) is 8.78 Å². The van der Waals surface area contributed by atoms with Gasteiger partial charge < -0.3 is 9.84 Å². The molecule has 4 saturated carbocycles. The van der Waals surface area contributed by atoms with Crippen LogP contribution in [0.1, 0.15) is 51.4 Å². The molecule has 2 N–H and O–H groups in total. The molecule has 24 heavy (non-hydrogen) atoms. The van der Waals surface area contributed by atoms with Crippen molar-refractivity contribution in [2.24, 2.45) is 11.8 Å². The molecule has 4 bridgehead atoms. The van der Waals surface area contributed by atoms with Crippen molar-refractivity contribution < 1.29 is 36.4 Å². The summed E-state index contributed by atoms with van der Waals surface area (Å²) in [5, 5.41) is 10.6. The Morgan fingerprint density at radius 2 is 1.79 bits per heavy atom. The fourth-order valence-electron chi connectivity index (χ4n) is 5.17. The largest absolute Gasteiger partial charge is 0.459 e. The van der Waals surface area contributed by atoms with Crippen LogP contribution in [0.15, 0.2) is 0 Å². The summed E-state index contributed by atoms with van der Waals surface area (Å²) in [5.41, 5.74) is -1.59. The minimum Gasteiger partial charge on any atom is -0.459 e. The van der Waals surface area contributed by atoms with E-state index in [1.54, 1.807) is 0 Å². The van der Waals surface area contributed by atoms with Gasteiger partial charge in [0.15, 0.2) is 0 Å². The molecule has 0 saturated heterocycles. The molecule has 0 aromatic rings. The third-order valence-electron chi connectivity index (χ3n) is 5.40. The molecule has 0 amide bonds. The first-order chi connectivity index (χ1) is 10.9. The fraction of sp³-hybridized carbons (Fsp3) is 0.933. The first-order valence-corrected chi connectivity index (χ1v) is 9.76. The van der Waals surface area contributed by atoms with Crippen molar-refractivity contribution in [1.82, 2.24) is 0 Å². The monoisotopic (exact) mass is 368 g/mol. The topological polar surface area (TPSA) is 101 Å². The van der Waals surface area contributed by atoms with Crippen LogP contribution in [-0.4, -0.2) is 46.9 Å². The van der Waals surface area contributed by atoms with Crippen molar-refractivity contribution in [2.45, 2.75) is 68.5 Å². The van der Waals surface area contributed by atoms with Gasteiger partial charge in [0, 0.05) is 12.8 Å². The summed E-state index contributed by atoms with van der Waals surface area (Å²) in [4.78, 5) is 12.0. The molecule has 0 aliphatic heterocycles. The van der Waals surface area contributed by atoms with Crippen LogP contribution in [-0.2, 0) is 19.6 Å². The van der Waals surface area contributed by atoms with Gasteiger partial charge in [-0.2, -0.15) is 8.42 Å². The van der Waals surface area contributed by atoms with E-state index in [1.165, 1.54) is 0 Å². The first kappa shape index (κ1) is 18.0. The van der Waals surface area contributed by atoms with E-state index in [9.17, 15) is 27.1 Å². The zero-order chi connectivity index (χ0) is 17.8. The maximum atomic E-state index is 13.5. The van der Waals surface area contributed by atoms with Crippen LogP contribution < -0.4 is 0 Å². The lowest BCUT2D eigenvalue weighted by Gasteiger charge is -2.59. The van der Waals surface area contributed by atoms with Crippen molar-refractivity contribution >= 4 is 16.1 Å². The van der Waals surface area contributed by atoms with Gasteiger partial charge in [0.25, 0.3) is 16.0 Å². The second-order valence-corrected chi connectivity index (χ2v) is 9.38. The van der Waals surface area contributed by atoms with Crippen LogP contribution in [0.25, 0.3) is 0 Å². The lowest BCUT2D eigenvalue weighted by atomic mass is 9.52. The number of carbonyl (C=O) groups excluding carboxylic acids is 1. The lowest BCUT2D eigenvalue weighted by molar-refractivity contribution is -0.220. The second-order valence-electron chi connectivity index (χ2n) is 7.92. The Hall–Kier alpha value is -0.800. The third kappa shape index (κ3) is 4.05. The van der Waals surface area contributed by atoms with E-state index in [4.69, 9.17) is 9.29 Å².